The van der Waals surface area contributed by atoms with E-state index in [2.05, 4.69) is 4.98 Å². The highest BCUT2D eigenvalue weighted by Crippen LogP contribution is 2.31. The Balaban J connectivity index is 1.70. The van der Waals surface area contributed by atoms with Crippen molar-refractivity contribution in [3.63, 3.8) is 0 Å². The van der Waals surface area contributed by atoms with Gasteiger partial charge in [0.15, 0.2) is 6.10 Å². The van der Waals surface area contributed by atoms with Crippen LogP contribution in [0.3, 0.4) is 0 Å². The van der Waals surface area contributed by atoms with E-state index in [0.29, 0.717) is 46.0 Å². The molecule has 0 radical (unpaired) electrons. The van der Waals surface area contributed by atoms with Crippen LogP contribution in [0.15, 0.2) is 46.9 Å². The minimum atomic E-state index is -1.02. The Bertz CT molecular complexity index is 1050. The fraction of sp³-hybridized carbons (Fsp3) is 0.304. The van der Waals surface area contributed by atoms with Gasteiger partial charge < -0.3 is 23.7 Å². The van der Waals surface area contributed by atoms with Gasteiger partial charge in [0.05, 0.1) is 12.7 Å². The molecule has 1 N–H and O–H groups in total. The maximum absolute atomic E-state index is 11.3. The van der Waals surface area contributed by atoms with Gasteiger partial charge >= 0.3 is 5.97 Å². The van der Waals surface area contributed by atoms with Gasteiger partial charge in [0.2, 0.25) is 5.89 Å². The van der Waals surface area contributed by atoms with E-state index in [1.807, 2.05) is 31.2 Å². The van der Waals surface area contributed by atoms with Crippen LogP contribution in [0.4, 0.5) is 0 Å². The molecule has 0 spiro atoms. The highest BCUT2D eigenvalue weighted by atomic mass is 35.5. The second-order valence-electron chi connectivity index (χ2n) is 6.75. The van der Waals surface area contributed by atoms with Crippen LogP contribution in [0.25, 0.3) is 11.5 Å². The Labute approximate surface area is 185 Å². The predicted octanol–water partition coefficient (Wildman–Crippen LogP) is 4.92. The molecule has 31 heavy (non-hydrogen) atoms. The van der Waals surface area contributed by atoms with E-state index in [-0.39, 0.29) is 13.0 Å². The molecule has 1 aromatic heterocycles. The number of carboxylic acids is 1. The second-order valence-corrected chi connectivity index (χ2v) is 7.16. The summed E-state index contributed by atoms with van der Waals surface area (Å²) in [5.74, 6) is 1.29. The third-order valence-corrected chi connectivity index (χ3v) is 5.03. The van der Waals surface area contributed by atoms with Crippen LogP contribution in [-0.4, -0.2) is 35.9 Å². The summed E-state index contributed by atoms with van der Waals surface area (Å²) in [4.78, 5) is 15.8. The number of nitrogens with zero attached hydrogens (tertiary/aromatic N) is 1. The molecule has 0 amide bonds. The Hall–Kier alpha value is -3.03. The number of ether oxygens (including phenoxy) is 3. The number of hydrogen-bond acceptors (Lipinski definition) is 6. The quantitative estimate of drug-likeness (QED) is 0.473. The number of carbonyl (C=O) groups is 1. The van der Waals surface area contributed by atoms with Gasteiger partial charge in [-0.1, -0.05) is 29.8 Å². The molecular weight excluding hydrogens is 422 g/mol. The fourth-order valence-electron chi connectivity index (χ4n) is 3.05. The topological polar surface area (TPSA) is 91.0 Å². The van der Waals surface area contributed by atoms with Crippen LogP contribution < -0.4 is 9.47 Å². The van der Waals surface area contributed by atoms with Crippen molar-refractivity contribution >= 4 is 17.6 Å². The lowest BCUT2D eigenvalue weighted by Crippen LogP contribution is -2.26. The molecule has 0 aliphatic carbocycles. The maximum atomic E-state index is 11.3. The summed E-state index contributed by atoms with van der Waals surface area (Å²) >= 11 is 6.33. The van der Waals surface area contributed by atoms with Crippen molar-refractivity contribution in [3.8, 4) is 23.0 Å². The first-order chi connectivity index (χ1) is 14.9. The van der Waals surface area contributed by atoms with Gasteiger partial charge in [-0.3, -0.25) is 0 Å². The van der Waals surface area contributed by atoms with Crippen LogP contribution in [0.2, 0.25) is 5.02 Å². The lowest BCUT2D eigenvalue weighted by atomic mass is 10.1. The molecule has 3 aromatic rings. The Morgan fingerprint density at radius 3 is 2.71 bits per heavy atom. The maximum Gasteiger partial charge on any atom is 0.333 e. The largest absolute Gasteiger partial charge is 0.496 e. The number of aliphatic carboxylic acids is 1. The van der Waals surface area contributed by atoms with E-state index >= 15 is 0 Å². The monoisotopic (exact) mass is 445 g/mol. The molecule has 164 valence electrons. The minimum absolute atomic E-state index is 0.174. The molecule has 1 atom stereocenters. The molecule has 8 heteroatoms. The van der Waals surface area contributed by atoms with Crippen molar-refractivity contribution in [1.29, 1.82) is 0 Å². The molecule has 0 aliphatic heterocycles. The van der Waals surface area contributed by atoms with E-state index in [9.17, 15) is 9.90 Å². The number of para-hydroxylation sites is 1. The second kappa shape index (κ2) is 10.3. The van der Waals surface area contributed by atoms with Gasteiger partial charge in [-0.25, -0.2) is 9.78 Å². The highest BCUT2D eigenvalue weighted by Gasteiger charge is 2.20. The van der Waals surface area contributed by atoms with Crippen molar-refractivity contribution < 1.29 is 28.5 Å². The number of benzene rings is 2. The number of aromatic nitrogens is 1. The normalized spacial score (nSPS) is 11.9. The summed E-state index contributed by atoms with van der Waals surface area (Å²) in [6.07, 6.45) is -0.770. The molecule has 1 heterocycles. The van der Waals surface area contributed by atoms with Crippen molar-refractivity contribution in [1.82, 2.24) is 4.98 Å². The molecule has 0 saturated heterocycles. The first kappa shape index (κ1) is 22.7. The van der Waals surface area contributed by atoms with E-state index in [1.165, 1.54) is 0 Å². The van der Waals surface area contributed by atoms with Crippen molar-refractivity contribution in [2.45, 2.75) is 33.0 Å². The van der Waals surface area contributed by atoms with Crippen molar-refractivity contribution in [2.24, 2.45) is 0 Å². The molecule has 0 aliphatic rings. The highest BCUT2D eigenvalue weighted by molar-refractivity contribution is 6.31. The van der Waals surface area contributed by atoms with Crippen LogP contribution >= 0.6 is 11.6 Å². The first-order valence-corrected chi connectivity index (χ1v) is 10.2. The summed E-state index contributed by atoms with van der Waals surface area (Å²) in [6, 6.07) is 12.6. The summed E-state index contributed by atoms with van der Waals surface area (Å²) in [5.41, 5.74) is 2.09. The van der Waals surface area contributed by atoms with E-state index in [0.717, 1.165) is 5.56 Å². The van der Waals surface area contributed by atoms with Crippen molar-refractivity contribution in [3.05, 3.63) is 64.5 Å². The van der Waals surface area contributed by atoms with Gasteiger partial charge in [-0.2, -0.15) is 0 Å². The number of hydrogen-bond donors (Lipinski definition) is 1. The molecule has 0 fully saturated rings. The Kier molecular flexibility index (Phi) is 7.55. The zero-order valence-electron chi connectivity index (χ0n) is 17.6. The molecule has 7 nitrogen and oxygen atoms in total. The summed E-state index contributed by atoms with van der Waals surface area (Å²) in [7, 11) is 1.60. The zero-order valence-corrected chi connectivity index (χ0v) is 18.3. The zero-order chi connectivity index (χ0) is 22.4. The number of oxazole rings is 1. The van der Waals surface area contributed by atoms with Gasteiger partial charge in [0, 0.05) is 18.1 Å². The van der Waals surface area contributed by atoms with Gasteiger partial charge in [-0.05, 0) is 43.7 Å². The van der Waals surface area contributed by atoms with E-state index in [4.69, 9.17) is 30.2 Å². The Morgan fingerprint density at radius 2 is 2.03 bits per heavy atom. The van der Waals surface area contributed by atoms with Crippen LogP contribution in [0.1, 0.15) is 23.9 Å². The van der Waals surface area contributed by atoms with Crippen LogP contribution in [-0.2, 0) is 22.6 Å². The third kappa shape index (κ3) is 5.57. The van der Waals surface area contributed by atoms with E-state index in [1.54, 1.807) is 32.2 Å². The summed E-state index contributed by atoms with van der Waals surface area (Å²) in [6.45, 7) is 4.07. The smallest absolute Gasteiger partial charge is 0.333 e. The number of rotatable bonds is 10. The third-order valence-electron chi connectivity index (χ3n) is 4.68. The molecule has 0 saturated carbocycles. The van der Waals surface area contributed by atoms with Gasteiger partial charge in [0.25, 0.3) is 0 Å². The van der Waals surface area contributed by atoms with Crippen LogP contribution in [0, 0.1) is 6.92 Å². The van der Waals surface area contributed by atoms with Crippen molar-refractivity contribution in [2.75, 3.05) is 13.7 Å². The van der Waals surface area contributed by atoms with Gasteiger partial charge in [-0.15, -0.1) is 0 Å². The molecule has 3 rings (SSSR count). The number of halogens is 1. The SMILES string of the molecule is CCOC(Cc1ccc(OCc2nc(-c3ccccc3OC)oc2C)cc1Cl)C(=O)O. The fourth-order valence-corrected chi connectivity index (χ4v) is 3.30. The lowest BCUT2D eigenvalue weighted by molar-refractivity contribution is -0.149. The average Bonchev–Trinajstić information content (AvgIpc) is 3.13. The Morgan fingerprint density at radius 1 is 1.26 bits per heavy atom. The molecular formula is C23H24ClNO6. The minimum Gasteiger partial charge on any atom is -0.496 e. The number of methoxy groups -OCH3 is 1. The molecule has 0 bridgehead atoms. The first-order valence-electron chi connectivity index (χ1n) is 9.78. The summed E-state index contributed by atoms with van der Waals surface area (Å²) in [5, 5.41) is 9.66. The predicted molar refractivity (Wildman–Crippen MR) is 116 cm³/mol. The number of aryl methyl sites for hydroxylation is 1. The molecule has 1 unspecified atom stereocenters. The lowest BCUT2D eigenvalue weighted by Gasteiger charge is -2.14. The van der Waals surface area contributed by atoms with Gasteiger partial charge in [0.1, 0.15) is 29.6 Å². The van der Waals surface area contributed by atoms with Crippen LogP contribution in [0.5, 0.6) is 11.5 Å². The summed E-state index contributed by atoms with van der Waals surface area (Å²) < 4.78 is 22.2. The van der Waals surface area contributed by atoms with E-state index < -0.39 is 12.1 Å². The number of carboxylic acid groups (broad SMARTS) is 1. The standard InChI is InChI=1S/C23H24ClNO6/c1-4-29-21(23(26)27)11-15-9-10-16(12-18(15)24)30-13-19-14(2)31-22(25-19)17-7-5-6-8-20(17)28-3/h5-10,12,21H,4,11,13H2,1-3H3,(H,26,27). The average molecular weight is 446 g/mol. The molecule has 2 aromatic carbocycles.